The van der Waals surface area contributed by atoms with Crippen LogP contribution in [0, 0.1) is 5.82 Å². The highest BCUT2D eigenvalue weighted by molar-refractivity contribution is 5.74. The van der Waals surface area contributed by atoms with Crippen molar-refractivity contribution in [3.63, 3.8) is 0 Å². The van der Waals surface area contributed by atoms with Crippen molar-refractivity contribution in [1.82, 2.24) is 18.7 Å². The van der Waals surface area contributed by atoms with Gasteiger partial charge in [-0.2, -0.15) is 4.98 Å². The summed E-state index contributed by atoms with van der Waals surface area (Å²) >= 11 is 0. The van der Waals surface area contributed by atoms with Gasteiger partial charge in [0.2, 0.25) is 12.7 Å². The van der Waals surface area contributed by atoms with Gasteiger partial charge < -0.3 is 14.8 Å². The molecule has 32 heavy (non-hydrogen) atoms. The van der Waals surface area contributed by atoms with E-state index in [4.69, 9.17) is 9.47 Å². The molecule has 0 amide bonds. The van der Waals surface area contributed by atoms with Gasteiger partial charge >= 0.3 is 5.69 Å². The van der Waals surface area contributed by atoms with Gasteiger partial charge in [0.05, 0.1) is 6.54 Å². The number of hydrogen-bond donors (Lipinski definition) is 1. The Kier molecular flexibility index (Phi) is 4.69. The van der Waals surface area contributed by atoms with E-state index in [1.165, 1.54) is 17.7 Å². The van der Waals surface area contributed by atoms with E-state index in [-0.39, 0.29) is 24.5 Å². The Labute approximate surface area is 181 Å². The summed E-state index contributed by atoms with van der Waals surface area (Å²) in [6.45, 7) is 0.619. The van der Waals surface area contributed by atoms with E-state index in [1.54, 1.807) is 29.8 Å². The third-order valence-electron chi connectivity index (χ3n) is 5.52. The lowest BCUT2D eigenvalue weighted by Gasteiger charge is -2.12. The van der Waals surface area contributed by atoms with Gasteiger partial charge in [-0.3, -0.25) is 18.5 Å². The van der Waals surface area contributed by atoms with Crippen molar-refractivity contribution in [1.29, 1.82) is 0 Å². The third-order valence-corrected chi connectivity index (χ3v) is 5.52. The van der Waals surface area contributed by atoms with E-state index in [9.17, 15) is 14.0 Å². The molecule has 0 saturated carbocycles. The minimum absolute atomic E-state index is 0.0695. The summed E-state index contributed by atoms with van der Waals surface area (Å²) in [4.78, 5) is 29.9. The lowest BCUT2D eigenvalue weighted by atomic mass is 10.2. The molecule has 0 saturated heterocycles. The average Bonchev–Trinajstić information content (AvgIpc) is 3.40. The van der Waals surface area contributed by atoms with Crippen LogP contribution < -0.4 is 26.0 Å². The smallest absolute Gasteiger partial charge is 0.332 e. The topological polar surface area (TPSA) is 92.3 Å². The highest BCUT2D eigenvalue weighted by Gasteiger charge is 2.20. The quantitative estimate of drug-likeness (QED) is 0.513. The van der Waals surface area contributed by atoms with Crippen LogP contribution in [-0.4, -0.2) is 25.5 Å². The van der Waals surface area contributed by atoms with E-state index in [0.29, 0.717) is 29.6 Å². The van der Waals surface area contributed by atoms with Crippen LogP contribution in [0.3, 0.4) is 0 Å². The molecule has 10 heteroatoms. The van der Waals surface area contributed by atoms with Gasteiger partial charge in [-0.15, -0.1) is 0 Å². The lowest BCUT2D eigenvalue weighted by Crippen LogP contribution is -2.37. The molecule has 0 bridgehead atoms. The molecule has 3 heterocycles. The number of hydrogen-bond acceptors (Lipinski definition) is 6. The van der Waals surface area contributed by atoms with Crippen LogP contribution in [-0.2, 0) is 27.2 Å². The molecule has 0 unspecified atom stereocenters. The van der Waals surface area contributed by atoms with Crippen molar-refractivity contribution in [3.8, 4) is 11.5 Å². The molecule has 1 N–H and O–H groups in total. The molecule has 2 aromatic heterocycles. The number of imidazole rings is 1. The fourth-order valence-corrected chi connectivity index (χ4v) is 3.76. The standard InChI is InChI=1S/C22H20FN5O4/c1-26-19-18(20(29)27(2)22(26)30)28(11-14-5-3-4-6-15(14)23)21(25-19)24-10-13-7-8-16-17(9-13)32-12-31-16/h3-9H,10-12H2,1-2H3,(H,24,25). The summed E-state index contributed by atoms with van der Waals surface area (Å²) in [6, 6.07) is 11.9. The predicted molar refractivity (Wildman–Crippen MR) is 116 cm³/mol. The van der Waals surface area contributed by atoms with Crippen LogP contribution >= 0.6 is 0 Å². The first-order chi connectivity index (χ1) is 15.4. The number of nitrogens with one attached hydrogen (secondary N) is 1. The maximum absolute atomic E-state index is 14.4. The van der Waals surface area contributed by atoms with Crippen molar-refractivity contribution >= 4 is 17.1 Å². The van der Waals surface area contributed by atoms with E-state index in [1.807, 2.05) is 18.2 Å². The van der Waals surface area contributed by atoms with Crippen LogP contribution in [0.25, 0.3) is 11.2 Å². The van der Waals surface area contributed by atoms with Gasteiger partial charge in [-0.05, 0) is 23.8 Å². The van der Waals surface area contributed by atoms with Gasteiger partial charge in [0.25, 0.3) is 5.56 Å². The van der Waals surface area contributed by atoms with Crippen molar-refractivity contribution in [2.45, 2.75) is 13.1 Å². The Morgan fingerprint density at radius 3 is 2.66 bits per heavy atom. The molecule has 164 valence electrons. The first-order valence-electron chi connectivity index (χ1n) is 9.96. The third kappa shape index (κ3) is 3.20. The summed E-state index contributed by atoms with van der Waals surface area (Å²) in [5.41, 5.74) is 0.756. The Bertz CT molecular complexity index is 1470. The fraction of sp³-hybridized carbons (Fsp3) is 0.227. The molecule has 1 aliphatic rings. The molecule has 4 aromatic rings. The maximum Gasteiger partial charge on any atom is 0.332 e. The molecule has 0 aliphatic carbocycles. The second-order valence-electron chi connectivity index (χ2n) is 7.53. The molecule has 2 aromatic carbocycles. The van der Waals surface area contributed by atoms with E-state index >= 15 is 0 Å². The monoisotopic (exact) mass is 437 g/mol. The second-order valence-corrected chi connectivity index (χ2v) is 7.53. The molecular formula is C22H20FN5O4. The first-order valence-corrected chi connectivity index (χ1v) is 9.96. The number of rotatable bonds is 5. The van der Waals surface area contributed by atoms with Crippen LogP contribution in [0.2, 0.25) is 0 Å². The minimum atomic E-state index is -0.497. The lowest BCUT2D eigenvalue weighted by molar-refractivity contribution is 0.174. The average molecular weight is 437 g/mol. The van der Waals surface area contributed by atoms with Crippen molar-refractivity contribution in [2.75, 3.05) is 12.1 Å². The number of anilines is 1. The summed E-state index contributed by atoms with van der Waals surface area (Å²) in [7, 11) is 2.95. The van der Waals surface area contributed by atoms with Crippen LogP contribution in [0.1, 0.15) is 11.1 Å². The van der Waals surface area contributed by atoms with E-state index in [0.717, 1.165) is 10.1 Å². The fourth-order valence-electron chi connectivity index (χ4n) is 3.76. The number of benzene rings is 2. The molecule has 1 aliphatic heterocycles. The zero-order valence-electron chi connectivity index (χ0n) is 17.5. The van der Waals surface area contributed by atoms with Crippen molar-refractivity contribution < 1.29 is 13.9 Å². The van der Waals surface area contributed by atoms with Crippen LogP contribution in [0.15, 0.2) is 52.1 Å². The van der Waals surface area contributed by atoms with E-state index < -0.39 is 17.1 Å². The largest absolute Gasteiger partial charge is 0.454 e. The molecule has 0 spiro atoms. The Hall–Kier alpha value is -4.08. The molecule has 0 fully saturated rings. The Balaban J connectivity index is 1.60. The van der Waals surface area contributed by atoms with Gasteiger partial charge in [-0.1, -0.05) is 24.3 Å². The van der Waals surface area contributed by atoms with Gasteiger partial charge in [0.15, 0.2) is 22.7 Å². The summed E-state index contributed by atoms with van der Waals surface area (Å²) in [5, 5.41) is 3.21. The number of aryl methyl sites for hydroxylation is 1. The van der Waals surface area contributed by atoms with Crippen molar-refractivity contribution in [3.05, 3.63) is 80.2 Å². The molecule has 9 nitrogen and oxygen atoms in total. The maximum atomic E-state index is 14.4. The highest BCUT2D eigenvalue weighted by Crippen LogP contribution is 2.32. The predicted octanol–water partition coefficient (Wildman–Crippen LogP) is 1.96. The van der Waals surface area contributed by atoms with Crippen LogP contribution in [0.5, 0.6) is 11.5 Å². The van der Waals surface area contributed by atoms with Gasteiger partial charge in [0, 0.05) is 26.2 Å². The number of ether oxygens (including phenoxy) is 2. The second kappa shape index (κ2) is 7.56. The number of aromatic nitrogens is 4. The Morgan fingerprint density at radius 2 is 1.84 bits per heavy atom. The molecule has 0 atom stereocenters. The molecule has 0 radical (unpaired) electrons. The van der Waals surface area contributed by atoms with Crippen LogP contribution in [0.4, 0.5) is 10.3 Å². The zero-order chi connectivity index (χ0) is 22.4. The number of halogens is 1. The van der Waals surface area contributed by atoms with Gasteiger partial charge in [0.1, 0.15) is 5.82 Å². The molecular weight excluding hydrogens is 417 g/mol. The highest BCUT2D eigenvalue weighted by atomic mass is 19.1. The summed E-state index contributed by atoms with van der Waals surface area (Å²) in [5.74, 6) is 1.29. The van der Waals surface area contributed by atoms with Crippen molar-refractivity contribution in [2.24, 2.45) is 14.1 Å². The number of nitrogens with zero attached hydrogens (tertiary/aromatic N) is 4. The SMILES string of the molecule is Cn1c(=O)c2c(nc(NCc3ccc4c(c3)OCO4)n2Cc2ccccc2F)n(C)c1=O. The Morgan fingerprint density at radius 1 is 1.06 bits per heavy atom. The van der Waals surface area contributed by atoms with E-state index in [2.05, 4.69) is 10.3 Å². The minimum Gasteiger partial charge on any atom is -0.454 e. The summed E-state index contributed by atoms with van der Waals surface area (Å²) < 4.78 is 29.1. The van der Waals surface area contributed by atoms with Gasteiger partial charge in [-0.25, -0.2) is 9.18 Å². The normalized spacial score (nSPS) is 12.5. The molecule has 5 rings (SSSR count). The number of fused-ring (bicyclic) bond motifs is 2. The first kappa shape index (κ1) is 19.9. The zero-order valence-corrected chi connectivity index (χ0v) is 17.5. The summed E-state index contributed by atoms with van der Waals surface area (Å²) in [6.07, 6.45) is 0.